The molecule has 0 unspecified atom stereocenters. The number of hydrogen-bond acceptors (Lipinski definition) is 4. The van der Waals surface area contributed by atoms with Crippen molar-refractivity contribution >= 4 is 11.7 Å². The maximum absolute atomic E-state index is 13.7. The van der Waals surface area contributed by atoms with Gasteiger partial charge in [-0.2, -0.15) is 18.3 Å². The molecular formula is C18H27F3N4O2. The van der Waals surface area contributed by atoms with Crippen molar-refractivity contribution in [3.63, 3.8) is 0 Å². The average molecular weight is 388 g/mol. The molecule has 2 aliphatic rings. The Morgan fingerprint density at radius 1 is 1.30 bits per heavy atom. The van der Waals surface area contributed by atoms with Gasteiger partial charge in [0, 0.05) is 31.1 Å². The van der Waals surface area contributed by atoms with Crippen molar-refractivity contribution in [2.75, 3.05) is 25.0 Å². The molecule has 1 saturated heterocycles. The van der Waals surface area contributed by atoms with Crippen LogP contribution in [0.5, 0.6) is 0 Å². The number of halogens is 3. The lowest BCUT2D eigenvalue weighted by molar-refractivity contribution is -0.175. The Hall–Kier alpha value is -1.77. The molecule has 1 amide bonds. The monoisotopic (exact) mass is 388 g/mol. The molecule has 2 aliphatic heterocycles. The summed E-state index contributed by atoms with van der Waals surface area (Å²) in [6.07, 6.45) is -3.16. The number of aromatic nitrogens is 2. The fraction of sp³-hybridized carbons (Fsp3) is 0.778. The smallest absolute Gasteiger partial charge is 0.387 e. The highest BCUT2D eigenvalue weighted by molar-refractivity contribution is 5.77. The van der Waals surface area contributed by atoms with Crippen LogP contribution >= 0.6 is 0 Å². The average Bonchev–Trinajstić information content (AvgIpc) is 3.02. The number of alkyl halides is 3. The van der Waals surface area contributed by atoms with Crippen LogP contribution in [0.1, 0.15) is 57.7 Å². The van der Waals surface area contributed by atoms with Crippen LogP contribution in [0.3, 0.4) is 0 Å². The van der Waals surface area contributed by atoms with Gasteiger partial charge in [0.1, 0.15) is 12.4 Å². The van der Waals surface area contributed by atoms with Crippen LogP contribution in [0.25, 0.3) is 0 Å². The molecule has 0 aromatic carbocycles. The van der Waals surface area contributed by atoms with Crippen molar-refractivity contribution in [3.05, 3.63) is 11.8 Å². The number of piperidine rings is 1. The van der Waals surface area contributed by atoms with Crippen LogP contribution < -0.4 is 5.32 Å². The first-order valence-electron chi connectivity index (χ1n) is 9.32. The van der Waals surface area contributed by atoms with E-state index in [9.17, 15) is 18.0 Å². The highest BCUT2D eigenvalue weighted by Crippen LogP contribution is 2.44. The molecule has 6 nitrogen and oxygen atoms in total. The van der Waals surface area contributed by atoms with Crippen molar-refractivity contribution in [2.45, 2.75) is 64.2 Å². The van der Waals surface area contributed by atoms with Crippen molar-refractivity contribution in [1.29, 1.82) is 0 Å². The fourth-order valence-corrected chi connectivity index (χ4v) is 3.89. The maximum atomic E-state index is 13.7. The van der Waals surface area contributed by atoms with E-state index in [0.29, 0.717) is 37.4 Å². The molecule has 1 aromatic rings. The first-order valence-corrected chi connectivity index (χ1v) is 9.32. The molecule has 3 rings (SSSR count). The molecule has 0 radical (unpaired) electrons. The highest BCUT2D eigenvalue weighted by Gasteiger charge is 2.48. The van der Waals surface area contributed by atoms with Crippen LogP contribution in [0.15, 0.2) is 6.07 Å². The van der Waals surface area contributed by atoms with Gasteiger partial charge in [0.15, 0.2) is 6.04 Å². The topological polar surface area (TPSA) is 70.4 Å². The van der Waals surface area contributed by atoms with E-state index in [4.69, 9.17) is 5.11 Å². The number of nitrogens with zero attached hydrogens (tertiary/aromatic N) is 3. The number of amides is 1. The van der Waals surface area contributed by atoms with E-state index >= 15 is 0 Å². The van der Waals surface area contributed by atoms with Gasteiger partial charge in [0.05, 0.1) is 5.69 Å². The summed E-state index contributed by atoms with van der Waals surface area (Å²) >= 11 is 0. The van der Waals surface area contributed by atoms with E-state index < -0.39 is 18.8 Å². The molecule has 0 saturated carbocycles. The van der Waals surface area contributed by atoms with Crippen molar-refractivity contribution in [1.82, 2.24) is 14.7 Å². The molecule has 0 spiro atoms. The Kier molecular flexibility index (Phi) is 5.18. The standard InChI is InChI=1S/C18H27F3N4O2/c1-17(2,3)13-9-14(18(19,20)21)25-15(22-13)8-12(23-25)11-4-6-24(7-5-11)16(27)10-26/h8,11,13-14,22,26H,4-7,9-10H2,1-3H3/t13-,14+/m0/s1. The number of rotatable bonds is 2. The summed E-state index contributed by atoms with van der Waals surface area (Å²) in [4.78, 5) is 13.2. The van der Waals surface area contributed by atoms with Gasteiger partial charge in [0.2, 0.25) is 5.91 Å². The minimum atomic E-state index is -4.36. The molecule has 1 fully saturated rings. The van der Waals surface area contributed by atoms with Gasteiger partial charge in [0.25, 0.3) is 0 Å². The number of aliphatic hydroxyl groups is 1. The first-order chi connectivity index (χ1) is 12.5. The largest absolute Gasteiger partial charge is 0.410 e. The minimum absolute atomic E-state index is 0.00890. The molecule has 3 heterocycles. The van der Waals surface area contributed by atoms with Crippen LogP contribution in [-0.2, 0) is 4.79 Å². The fourth-order valence-electron chi connectivity index (χ4n) is 3.89. The number of anilines is 1. The van der Waals surface area contributed by atoms with E-state index in [1.54, 1.807) is 11.0 Å². The molecule has 2 N–H and O–H groups in total. The zero-order valence-electron chi connectivity index (χ0n) is 15.9. The van der Waals surface area contributed by atoms with Gasteiger partial charge < -0.3 is 15.3 Å². The minimum Gasteiger partial charge on any atom is -0.387 e. The summed E-state index contributed by atoms with van der Waals surface area (Å²) in [6, 6.07) is -0.210. The zero-order chi connectivity index (χ0) is 20.0. The Morgan fingerprint density at radius 3 is 2.44 bits per heavy atom. The molecule has 9 heteroatoms. The predicted octanol–water partition coefficient (Wildman–Crippen LogP) is 2.92. The Morgan fingerprint density at radius 2 is 1.93 bits per heavy atom. The Bertz CT molecular complexity index is 688. The number of aliphatic hydroxyl groups excluding tert-OH is 1. The summed E-state index contributed by atoms with van der Waals surface area (Å²) in [7, 11) is 0. The molecule has 0 aliphatic carbocycles. The Balaban J connectivity index is 1.82. The van der Waals surface area contributed by atoms with Crippen molar-refractivity contribution in [3.8, 4) is 0 Å². The third-order valence-corrected chi connectivity index (χ3v) is 5.66. The SMILES string of the molecule is CC(C)(C)[C@@H]1C[C@H](C(F)(F)F)n2nc(C3CCN(C(=O)CO)CC3)cc2N1. The lowest BCUT2D eigenvalue weighted by Crippen LogP contribution is -2.44. The van der Waals surface area contributed by atoms with E-state index in [-0.39, 0.29) is 29.7 Å². The van der Waals surface area contributed by atoms with Crippen LogP contribution in [0, 0.1) is 5.41 Å². The van der Waals surface area contributed by atoms with Gasteiger partial charge in [-0.3, -0.25) is 4.79 Å². The van der Waals surface area contributed by atoms with E-state index in [0.717, 1.165) is 4.68 Å². The summed E-state index contributed by atoms with van der Waals surface area (Å²) in [5.74, 6) is 0.103. The molecule has 27 heavy (non-hydrogen) atoms. The normalized spacial score (nSPS) is 24.5. The summed E-state index contributed by atoms with van der Waals surface area (Å²) < 4.78 is 42.1. The zero-order valence-corrected chi connectivity index (χ0v) is 15.9. The summed E-state index contributed by atoms with van der Waals surface area (Å²) in [5, 5.41) is 16.5. The lowest BCUT2D eigenvalue weighted by atomic mass is 9.82. The number of hydrogen-bond donors (Lipinski definition) is 2. The van der Waals surface area contributed by atoms with Crippen LogP contribution in [0.2, 0.25) is 0 Å². The van der Waals surface area contributed by atoms with E-state index in [1.807, 2.05) is 20.8 Å². The Labute approximate surface area is 156 Å². The summed E-state index contributed by atoms with van der Waals surface area (Å²) in [6.45, 7) is 6.23. The quantitative estimate of drug-likeness (QED) is 0.817. The van der Waals surface area contributed by atoms with Gasteiger partial charge in [-0.05, 0) is 24.7 Å². The highest BCUT2D eigenvalue weighted by atomic mass is 19.4. The number of carbonyl (C=O) groups is 1. The molecular weight excluding hydrogens is 361 g/mol. The summed E-state index contributed by atoms with van der Waals surface area (Å²) in [5.41, 5.74) is 0.326. The molecule has 0 bridgehead atoms. The third kappa shape index (κ3) is 4.07. The van der Waals surface area contributed by atoms with Crippen LogP contribution in [-0.4, -0.2) is 57.6 Å². The van der Waals surface area contributed by atoms with Gasteiger partial charge in [-0.15, -0.1) is 0 Å². The van der Waals surface area contributed by atoms with E-state index in [2.05, 4.69) is 10.4 Å². The molecule has 2 atom stereocenters. The second-order valence-corrected chi connectivity index (χ2v) is 8.57. The second-order valence-electron chi connectivity index (χ2n) is 8.57. The number of nitrogens with one attached hydrogen (secondary N) is 1. The number of carbonyl (C=O) groups excluding carboxylic acids is 1. The number of likely N-dealkylation sites (tertiary alicyclic amines) is 1. The van der Waals surface area contributed by atoms with Crippen LogP contribution in [0.4, 0.5) is 19.0 Å². The molecule has 1 aromatic heterocycles. The van der Waals surface area contributed by atoms with Gasteiger partial charge in [-0.25, -0.2) is 4.68 Å². The predicted molar refractivity (Wildman–Crippen MR) is 94.4 cm³/mol. The second kappa shape index (κ2) is 7.00. The molecule has 152 valence electrons. The van der Waals surface area contributed by atoms with Gasteiger partial charge >= 0.3 is 6.18 Å². The van der Waals surface area contributed by atoms with Gasteiger partial charge in [-0.1, -0.05) is 20.8 Å². The first kappa shape index (κ1) is 20.0. The van der Waals surface area contributed by atoms with Crippen molar-refractivity contribution < 1.29 is 23.1 Å². The van der Waals surface area contributed by atoms with E-state index in [1.165, 1.54) is 0 Å². The lowest BCUT2D eigenvalue weighted by Gasteiger charge is -2.39. The maximum Gasteiger partial charge on any atom is 0.410 e. The third-order valence-electron chi connectivity index (χ3n) is 5.66. The number of fused-ring (bicyclic) bond motifs is 1. The van der Waals surface area contributed by atoms with Crippen molar-refractivity contribution in [2.24, 2.45) is 5.41 Å².